The fourth-order valence-corrected chi connectivity index (χ4v) is 3.12. The minimum Gasteiger partial charge on any atom is -0.481 e. The second kappa shape index (κ2) is 6.89. The van der Waals surface area contributed by atoms with Crippen LogP contribution >= 0.6 is 0 Å². The van der Waals surface area contributed by atoms with Gasteiger partial charge in [0, 0.05) is 19.0 Å². The van der Waals surface area contributed by atoms with E-state index in [2.05, 4.69) is 5.32 Å². The lowest BCUT2D eigenvalue weighted by Crippen LogP contribution is -2.41. The summed E-state index contributed by atoms with van der Waals surface area (Å²) < 4.78 is 0. The van der Waals surface area contributed by atoms with Crippen LogP contribution in [0.5, 0.6) is 0 Å². The molecular weight excluding hydrogens is 244 g/mol. The zero-order valence-electron chi connectivity index (χ0n) is 12.2. The summed E-state index contributed by atoms with van der Waals surface area (Å²) in [6.07, 6.45) is 4.24. The van der Waals surface area contributed by atoms with Gasteiger partial charge in [0.25, 0.3) is 0 Å². The Hall–Kier alpha value is -1.10. The van der Waals surface area contributed by atoms with Gasteiger partial charge in [0.1, 0.15) is 0 Å². The molecule has 1 unspecified atom stereocenters. The standard InChI is InChI=1S/C14H26N2O3/c1-11(10-16(2)3)15-12(17)8-14(9-13(18)19)6-4-5-7-14/h11H,4-10H2,1-3H3,(H,15,17)(H,18,19). The fraction of sp³-hybridized carbons (Fsp3) is 0.857. The van der Waals surface area contributed by atoms with Crippen molar-refractivity contribution in [3.05, 3.63) is 0 Å². The quantitative estimate of drug-likeness (QED) is 0.735. The second-order valence-electron chi connectivity index (χ2n) is 6.19. The van der Waals surface area contributed by atoms with E-state index in [0.29, 0.717) is 6.42 Å². The molecule has 1 aliphatic carbocycles. The Labute approximate surface area is 115 Å². The normalized spacial score (nSPS) is 19.4. The number of hydrogen-bond donors (Lipinski definition) is 2. The molecule has 0 bridgehead atoms. The van der Waals surface area contributed by atoms with Crippen molar-refractivity contribution < 1.29 is 14.7 Å². The van der Waals surface area contributed by atoms with E-state index < -0.39 is 5.97 Å². The van der Waals surface area contributed by atoms with Crippen molar-refractivity contribution in [2.24, 2.45) is 5.41 Å². The molecular formula is C14H26N2O3. The lowest BCUT2D eigenvalue weighted by Gasteiger charge is -2.27. The van der Waals surface area contributed by atoms with E-state index in [-0.39, 0.29) is 23.8 Å². The Balaban J connectivity index is 2.50. The number of rotatable bonds is 7. The van der Waals surface area contributed by atoms with Crippen molar-refractivity contribution in [1.29, 1.82) is 0 Å². The summed E-state index contributed by atoms with van der Waals surface area (Å²) in [6.45, 7) is 2.76. The first kappa shape index (κ1) is 16.0. The van der Waals surface area contributed by atoms with Crippen LogP contribution in [-0.4, -0.2) is 48.6 Å². The van der Waals surface area contributed by atoms with Crippen molar-refractivity contribution in [3.8, 4) is 0 Å². The van der Waals surface area contributed by atoms with Gasteiger partial charge >= 0.3 is 5.97 Å². The van der Waals surface area contributed by atoms with Crippen molar-refractivity contribution in [2.45, 2.75) is 51.5 Å². The van der Waals surface area contributed by atoms with Gasteiger partial charge in [-0.25, -0.2) is 0 Å². The monoisotopic (exact) mass is 270 g/mol. The lowest BCUT2D eigenvalue weighted by atomic mass is 9.79. The summed E-state index contributed by atoms with van der Waals surface area (Å²) in [5.41, 5.74) is -0.312. The molecule has 1 saturated carbocycles. The number of hydrogen-bond acceptors (Lipinski definition) is 3. The molecule has 0 aromatic carbocycles. The fourth-order valence-electron chi connectivity index (χ4n) is 3.12. The first-order valence-corrected chi connectivity index (χ1v) is 6.99. The van der Waals surface area contributed by atoms with Gasteiger partial charge in [0.2, 0.25) is 5.91 Å². The van der Waals surface area contributed by atoms with Gasteiger partial charge in [0.15, 0.2) is 0 Å². The van der Waals surface area contributed by atoms with Crippen LogP contribution in [0.2, 0.25) is 0 Å². The Bertz CT molecular complexity index is 323. The molecule has 5 nitrogen and oxygen atoms in total. The molecule has 2 N–H and O–H groups in total. The molecule has 0 aliphatic heterocycles. The number of aliphatic carboxylic acids is 1. The molecule has 0 aromatic rings. The summed E-state index contributed by atoms with van der Waals surface area (Å²) in [5, 5.41) is 12.0. The topological polar surface area (TPSA) is 69.6 Å². The van der Waals surface area contributed by atoms with Gasteiger partial charge in [-0.2, -0.15) is 0 Å². The molecule has 0 saturated heterocycles. The number of nitrogens with zero attached hydrogens (tertiary/aromatic N) is 1. The van der Waals surface area contributed by atoms with Gasteiger partial charge in [0.05, 0.1) is 6.42 Å². The molecule has 1 atom stereocenters. The van der Waals surface area contributed by atoms with Crippen molar-refractivity contribution in [1.82, 2.24) is 10.2 Å². The summed E-state index contributed by atoms with van der Waals surface area (Å²) in [6, 6.07) is 0.0887. The number of amides is 1. The molecule has 1 rings (SSSR count). The highest BCUT2D eigenvalue weighted by molar-refractivity contribution is 5.78. The Morgan fingerprint density at radius 1 is 1.26 bits per heavy atom. The number of carboxylic acids is 1. The maximum absolute atomic E-state index is 12.1. The number of carbonyl (C=O) groups is 2. The van der Waals surface area contributed by atoms with Gasteiger partial charge in [-0.05, 0) is 39.3 Å². The van der Waals surface area contributed by atoms with E-state index >= 15 is 0 Å². The predicted molar refractivity (Wildman–Crippen MR) is 73.9 cm³/mol. The molecule has 1 fully saturated rings. The average Bonchev–Trinajstić information content (AvgIpc) is 2.62. The minimum atomic E-state index is -0.795. The number of carbonyl (C=O) groups excluding carboxylic acids is 1. The Morgan fingerprint density at radius 2 is 1.84 bits per heavy atom. The lowest BCUT2D eigenvalue weighted by molar-refractivity contribution is -0.140. The number of nitrogens with one attached hydrogen (secondary N) is 1. The summed E-state index contributed by atoms with van der Waals surface area (Å²) in [7, 11) is 3.93. The van der Waals surface area contributed by atoms with Crippen LogP contribution in [-0.2, 0) is 9.59 Å². The van der Waals surface area contributed by atoms with E-state index in [9.17, 15) is 9.59 Å². The highest BCUT2D eigenvalue weighted by atomic mass is 16.4. The first-order chi connectivity index (χ1) is 8.83. The third kappa shape index (κ3) is 5.59. The highest BCUT2D eigenvalue weighted by Gasteiger charge is 2.38. The SMILES string of the molecule is CC(CN(C)C)NC(=O)CC1(CC(=O)O)CCCC1. The van der Waals surface area contributed by atoms with Crippen molar-refractivity contribution >= 4 is 11.9 Å². The van der Waals surface area contributed by atoms with Gasteiger partial charge < -0.3 is 15.3 Å². The van der Waals surface area contributed by atoms with E-state index in [4.69, 9.17) is 5.11 Å². The maximum Gasteiger partial charge on any atom is 0.303 e. The van der Waals surface area contributed by atoms with E-state index in [1.165, 1.54) is 0 Å². The van der Waals surface area contributed by atoms with Gasteiger partial charge in [-0.1, -0.05) is 12.8 Å². The van der Waals surface area contributed by atoms with Crippen LogP contribution in [0, 0.1) is 5.41 Å². The molecule has 0 heterocycles. The summed E-state index contributed by atoms with van der Waals surface area (Å²) in [5.74, 6) is -0.812. The molecule has 0 aromatic heterocycles. The molecule has 19 heavy (non-hydrogen) atoms. The number of carboxylic acid groups (broad SMARTS) is 1. The zero-order valence-corrected chi connectivity index (χ0v) is 12.2. The number of likely N-dealkylation sites (N-methyl/N-ethyl adjacent to an activating group) is 1. The van der Waals surface area contributed by atoms with Crippen LogP contribution < -0.4 is 5.32 Å². The van der Waals surface area contributed by atoms with Crippen LogP contribution in [0.3, 0.4) is 0 Å². The molecule has 1 aliphatic rings. The van der Waals surface area contributed by atoms with Crippen LogP contribution in [0.4, 0.5) is 0 Å². The predicted octanol–water partition coefficient (Wildman–Crippen LogP) is 1.48. The second-order valence-corrected chi connectivity index (χ2v) is 6.19. The van der Waals surface area contributed by atoms with Crippen molar-refractivity contribution in [2.75, 3.05) is 20.6 Å². The van der Waals surface area contributed by atoms with Crippen LogP contribution in [0.1, 0.15) is 45.4 Å². The molecule has 1 amide bonds. The zero-order chi connectivity index (χ0) is 14.5. The Kier molecular flexibility index (Phi) is 5.79. The molecule has 0 spiro atoms. The smallest absolute Gasteiger partial charge is 0.303 e. The highest BCUT2D eigenvalue weighted by Crippen LogP contribution is 2.43. The van der Waals surface area contributed by atoms with Crippen LogP contribution in [0.25, 0.3) is 0 Å². The summed E-state index contributed by atoms with van der Waals surface area (Å²) >= 11 is 0. The molecule has 5 heteroatoms. The Morgan fingerprint density at radius 3 is 2.32 bits per heavy atom. The van der Waals surface area contributed by atoms with Crippen LogP contribution in [0.15, 0.2) is 0 Å². The first-order valence-electron chi connectivity index (χ1n) is 6.99. The van der Waals surface area contributed by atoms with E-state index in [1.54, 1.807) is 0 Å². The van der Waals surface area contributed by atoms with Gasteiger partial charge in [-0.15, -0.1) is 0 Å². The van der Waals surface area contributed by atoms with E-state index in [1.807, 2.05) is 25.9 Å². The van der Waals surface area contributed by atoms with Gasteiger partial charge in [-0.3, -0.25) is 9.59 Å². The largest absolute Gasteiger partial charge is 0.481 e. The van der Waals surface area contributed by atoms with Crippen molar-refractivity contribution in [3.63, 3.8) is 0 Å². The third-order valence-corrected chi connectivity index (χ3v) is 3.77. The average molecular weight is 270 g/mol. The maximum atomic E-state index is 12.1. The van der Waals surface area contributed by atoms with E-state index in [0.717, 1.165) is 32.2 Å². The molecule has 0 radical (unpaired) electrons. The minimum absolute atomic E-state index is 0.0162. The third-order valence-electron chi connectivity index (χ3n) is 3.77. The summed E-state index contributed by atoms with van der Waals surface area (Å²) in [4.78, 5) is 25.0. The molecule has 110 valence electrons.